The van der Waals surface area contributed by atoms with Crippen LogP contribution in [0.15, 0.2) is 59.5 Å². The Bertz CT molecular complexity index is 922. The van der Waals surface area contributed by atoms with Crippen molar-refractivity contribution in [3.63, 3.8) is 0 Å². The number of oxazole rings is 1. The summed E-state index contributed by atoms with van der Waals surface area (Å²) in [6, 6.07) is 12.7. The lowest BCUT2D eigenvalue weighted by Crippen LogP contribution is -2.34. The minimum Gasteiger partial charge on any atom is -0.496 e. The summed E-state index contributed by atoms with van der Waals surface area (Å²) in [5, 5.41) is 5.83. The number of carbonyl (C=O) groups excluding carboxylic acids is 1. The van der Waals surface area contributed by atoms with Gasteiger partial charge in [-0.25, -0.2) is 4.98 Å². The molecule has 1 amide bonds. The summed E-state index contributed by atoms with van der Waals surface area (Å²) < 4.78 is 10.7. The molecule has 0 spiro atoms. The summed E-state index contributed by atoms with van der Waals surface area (Å²) in [6.07, 6.45) is 2.97. The molecule has 26 heavy (non-hydrogen) atoms. The van der Waals surface area contributed by atoms with E-state index in [9.17, 15) is 4.79 Å². The topological polar surface area (TPSA) is 76.4 Å². The van der Waals surface area contributed by atoms with E-state index in [2.05, 4.69) is 15.6 Å². The van der Waals surface area contributed by atoms with Crippen LogP contribution in [-0.4, -0.2) is 23.1 Å². The van der Waals surface area contributed by atoms with Gasteiger partial charge in [-0.2, -0.15) is 0 Å². The van der Waals surface area contributed by atoms with E-state index >= 15 is 0 Å². The number of hydrogen-bond acceptors (Lipinski definition) is 5. The second kappa shape index (κ2) is 7.79. The van der Waals surface area contributed by atoms with Gasteiger partial charge >= 0.3 is 0 Å². The van der Waals surface area contributed by atoms with Gasteiger partial charge in [-0.1, -0.05) is 17.7 Å². The Hall–Kier alpha value is -3.19. The molecule has 1 heterocycles. The van der Waals surface area contributed by atoms with E-state index in [4.69, 9.17) is 21.4 Å². The van der Waals surface area contributed by atoms with Crippen LogP contribution in [0.3, 0.4) is 0 Å². The highest BCUT2D eigenvalue weighted by atomic mass is 32.1. The first-order valence-electron chi connectivity index (χ1n) is 7.82. The van der Waals surface area contributed by atoms with E-state index in [0.29, 0.717) is 22.8 Å². The number of hydrogen-bond donors (Lipinski definition) is 2. The lowest BCUT2D eigenvalue weighted by atomic mass is 10.1. The van der Waals surface area contributed by atoms with Crippen LogP contribution in [0.4, 0.5) is 5.69 Å². The molecule has 0 atom stereocenters. The lowest BCUT2D eigenvalue weighted by Gasteiger charge is -2.12. The predicted molar refractivity (Wildman–Crippen MR) is 103 cm³/mol. The number of nitrogens with zero attached hydrogens (tertiary/aromatic N) is 1. The van der Waals surface area contributed by atoms with Crippen LogP contribution in [0.5, 0.6) is 5.75 Å². The molecular formula is C19H17N3O3S. The summed E-state index contributed by atoms with van der Waals surface area (Å²) in [4.78, 5) is 16.1. The fourth-order valence-corrected chi connectivity index (χ4v) is 2.57. The Morgan fingerprint density at radius 3 is 2.62 bits per heavy atom. The number of anilines is 1. The molecule has 2 aromatic carbocycles. The van der Waals surface area contributed by atoms with Crippen molar-refractivity contribution in [1.82, 2.24) is 10.3 Å². The summed E-state index contributed by atoms with van der Waals surface area (Å²) in [5.41, 5.74) is 3.07. The summed E-state index contributed by atoms with van der Waals surface area (Å²) in [6.45, 7) is 1.96. The average Bonchev–Trinajstić information content (AvgIpc) is 3.16. The van der Waals surface area contributed by atoms with Crippen molar-refractivity contribution < 1.29 is 13.9 Å². The second-order valence-corrected chi connectivity index (χ2v) is 5.96. The maximum atomic E-state index is 12.2. The molecule has 0 bridgehead atoms. The SMILES string of the molecule is COc1cc(NC(=S)NC(=O)c2ccc(C)cc2)ccc1-c1cnco1. The molecule has 0 aliphatic rings. The minimum atomic E-state index is -0.271. The standard InChI is InChI=1S/C19H17N3O3S/c1-12-3-5-13(6-4-12)18(23)22-19(26)21-14-7-8-15(16(9-14)24-2)17-10-20-11-25-17/h3-11H,1-2H3,(H2,21,22,23,26). The Morgan fingerprint density at radius 1 is 1.19 bits per heavy atom. The van der Waals surface area contributed by atoms with Gasteiger partial charge in [0.1, 0.15) is 5.75 Å². The third kappa shape index (κ3) is 4.07. The fourth-order valence-electron chi connectivity index (χ4n) is 2.36. The van der Waals surface area contributed by atoms with Gasteiger partial charge < -0.3 is 14.5 Å². The van der Waals surface area contributed by atoms with Crippen LogP contribution in [0, 0.1) is 6.92 Å². The molecule has 0 saturated heterocycles. The summed E-state index contributed by atoms with van der Waals surface area (Å²) in [7, 11) is 1.57. The summed E-state index contributed by atoms with van der Waals surface area (Å²) in [5.74, 6) is 0.927. The smallest absolute Gasteiger partial charge is 0.257 e. The molecule has 0 aliphatic heterocycles. The number of carbonyl (C=O) groups is 1. The maximum Gasteiger partial charge on any atom is 0.257 e. The molecule has 3 rings (SSSR count). The first kappa shape index (κ1) is 17.6. The van der Waals surface area contributed by atoms with Gasteiger partial charge in [-0.05, 0) is 43.4 Å². The van der Waals surface area contributed by atoms with Crippen LogP contribution in [-0.2, 0) is 0 Å². The third-order valence-electron chi connectivity index (χ3n) is 3.70. The van der Waals surface area contributed by atoms with Crippen LogP contribution in [0.25, 0.3) is 11.3 Å². The molecule has 0 saturated carbocycles. The van der Waals surface area contributed by atoms with Gasteiger partial charge in [0, 0.05) is 17.3 Å². The van der Waals surface area contributed by atoms with Gasteiger partial charge in [0.2, 0.25) is 0 Å². The molecule has 0 fully saturated rings. The monoisotopic (exact) mass is 367 g/mol. The van der Waals surface area contributed by atoms with Gasteiger partial charge in [0.25, 0.3) is 5.91 Å². The van der Waals surface area contributed by atoms with Crippen molar-refractivity contribution >= 4 is 28.9 Å². The van der Waals surface area contributed by atoms with Gasteiger partial charge in [0.15, 0.2) is 17.3 Å². The third-order valence-corrected chi connectivity index (χ3v) is 3.90. The lowest BCUT2D eigenvalue weighted by molar-refractivity contribution is 0.0977. The number of nitrogens with one attached hydrogen (secondary N) is 2. The highest BCUT2D eigenvalue weighted by Crippen LogP contribution is 2.32. The average molecular weight is 367 g/mol. The number of ether oxygens (including phenoxy) is 1. The van der Waals surface area contributed by atoms with Gasteiger partial charge in [0.05, 0.1) is 18.9 Å². The van der Waals surface area contributed by atoms with Crippen molar-refractivity contribution in [3.05, 3.63) is 66.2 Å². The van der Waals surface area contributed by atoms with Gasteiger partial charge in [-0.3, -0.25) is 10.1 Å². The Kier molecular flexibility index (Phi) is 5.28. The zero-order chi connectivity index (χ0) is 18.5. The van der Waals surface area contributed by atoms with Crippen molar-refractivity contribution in [2.45, 2.75) is 6.92 Å². The Labute approximate surface area is 156 Å². The van der Waals surface area contributed by atoms with Crippen molar-refractivity contribution in [1.29, 1.82) is 0 Å². The highest BCUT2D eigenvalue weighted by Gasteiger charge is 2.12. The van der Waals surface area contributed by atoms with E-state index in [1.54, 1.807) is 31.5 Å². The number of amides is 1. The number of benzene rings is 2. The molecule has 0 radical (unpaired) electrons. The molecule has 3 aromatic rings. The second-order valence-electron chi connectivity index (χ2n) is 5.56. The largest absolute Gasteiger partial charge is 0.496 e. The Balaban J connectivity index is 1.69. The van der Waals surface area contributed by atoms with E-state index in [-0.39, 0.29) is 11.0 Å². The fraction of sp³-hybridized carbons (Fsp3) is 0.105. The number of aromatic nitrogens is 1. The van der Waals surface area contributed by atoms with Crippen molar-refractivity contribution in [3.8, 4) is 17.1 Å². The molecule has 7 heteroatoms. The zero-order valence-electron chi connectivity index (χ0n) is 14.3. The Morgan fingerprint density at radius 2 is 1.96 bits per heavy atom. The number of aryl methyl sites for hydroxylation is 1. The highest BCUT2D eigenvalue weighted by molar-refractivity contribution is 7.80. The molecule has 132 valence electrons. The van der Waals surface area contributed by atoms with Crippen LogP contribution in [0.1, 0.15) is 15.9 Å². The molecule has 0 unspecified atom stereocenters. The van der Waals surface area contributed by atoms with E-state index < -0.39 is 0 Å². The molecule has 6 nitrogen and oxygen atoms in total. The van der Waals surface area contributed by atoms with Crippen LogP contribution >= 0.6 is 12.2 Å². The van der Waals surface area contributed by atoms with Crippen LogP contribution in [0.2, 0.25) is 0 Å². The number of thiocarbonyl (C=S) groups is 1. The zero-order valence-corrected chi connectivity index (χ0v) is 15.1. The normalized spacial score (nSPS) is 10.2. The maximum absolute atomic E-state index is 12.2. The predicted octanol–water partition coefficient (Wildman–Crippen LogP) is 3.79. The van der Waals surface area contributed by atoms with Crippen LogP contribution < -0.4 is 15.4 Å². The van der Waals surface area contributed by atoms with Crippen molar-refractivity contribution in [2.24, 2.45) is 0 Å². The molecule has 2 N–H and O–H groups in total. The quantitative estimate of drug-likeness (QED) is 0.684. The van der Waals surface area contributed by atoms with E-state index in [1.165, 1.54) is 6.39 Å². The number of methoxy groups -OCH3 is 1. The first-order valence-corrected chi connectivity index (χ1v) is 8.23. The molecule has 0 aliphatic carbocycles. The molecular weight excluding hydrogens is 350 g/mol. The van der Waals surface area contributed by atoms with Gasteiger partial charge in [-0.15, -0.1) is 0 Å². The number of rotatable bonds is 4. The van der Waals surface area contributed by atoms with E-state index in [0.717, 1.165) is 11.1 Å². The van der Waals surface area contributed by atoms with E-state index in [1.807, 2.05) is 31.2 Å². The molecule has 1 aromatic heterocycles. The first-order chi connectivity index (χ1) is 12.6. The van der Waals surface area contributed by atoms with Crippen molar-refractivity contribution in [2.75, 3.05) is 12.4 Å². The minimum absolute atomic E-state index is 0.199. The summed E-state index contributed by atoms with van der Waals surface area (Å²) >= 11 is 5.22.